The molecule has 1 atom stereocenters. The average Bonchev–Trinajstić information content (AvgIpc) is 3.16. The molecule has 7 nitrogen and oxygen atoms in total. The van der Waals surface area contributed by atoms with E-state index in [2.05, 4.69) is 22.5 Å². The van der Waals surface area contributed by atoms with Gasteiger partial charge in [0.25, 0.3) is 0 Å². The normalized spacial score (nSPS) is 21.4. The minimum atomic E-state index is -0.452. The summed E-state index contributed by atoms with van der Waals surface area (Å²) >= 11 is 0. The van der Waals surface area contributed by atoms with Crippen LogP contribution in [0.2, 0.25) is 0 Å². The Morgan fingerprint density at radius 1 is 1.19 bits per heavy atom. The Morgan fingerprint density at radius 3 is 2.52 bits per heavy atom. The summed E-state index contributed by atoms with van der Waals surface area (Å²) in [6.07, 6.45) is 8.17. The lowest BCUT2D eigenvalue weighted by molar-refractivity contribution is 0.0168. The number of piperidine rings is 1. The van der Waals surface area contributed by atoms with E-state index in [-0.39, 0.29) is 30.1 Å². The molecule has 31 heavy (non-hydrogen) atoms. The summed E-state index contributed by atoms with van der Waals surface area (Å²) in [6, 6.07) is 0. The van der Waals surface area contributed by atoms with Crippen LogP contribution in [-0.4, -0.2) is 69.0 Å². The summed E-state index contributed by atoms with van der Waals surface area (Å²) in [7, 11) is 1.82. The van der Waals surface area contributed by atoms with Gasteiger partial charge in [0, 0.05) is 46.4 Å². The Kier molecular flexibility index (Phi) is 12.5. The zero-order chi connectivity index (χ0) is 22.0. The highest BCUT2D eigenvalue weighted by atomic mass is 127. The molecule has 1 saturated heterocycles. The van der Waals surface area contributed by atoms with Gasteiger partial charge in [0.15, 0.2) is 5.96 Å². The second kappa shape index (κ2) is 13.7. The van der Waals surface area contributed by atoms with Crippen LogP contribution in [0.15, 0.2) is 4.99 Å². The molecule has 0 radical (unpaired) electrons. The first-order chi connectivity index (χ1) is 14.3. The number of aliphatic imine (C=N–C) groups is 1. The molecule has 182 valence electrons. The molecule has 0 aromatic heterocycles. The Bertz CT molecular complexity index is 560. The Labute approximate surface area is 206 Å². The van der Waals surface area contributed by atoms with Crippen molar-refractivity contribution in [3.8, 4) is 0 Å². The van der Waals surface area contributed by atoms with Crippen LogP contribution in [0.3, 0.4) is 0 Å². The minimum Gasteiger partial charge on any atom is -0.444 e. The van der Waals surface area contributed by atoms with Gasteiger partial charge in [-0.3, -0.25) is 4.99 Å². The van der Waals surface area contributed by atoms with Gasteiger partial charge in [-0.15, -0.1) is 24.0 Å². The van der Waals surface area contributed by atoms with Crippen molar-refractivity contribution < 1.29 is 14.3 Å². The fourth-order valence-electron chi connectivity index (χ4n) is 4.53. The first-order valence-electron chi connectivity index (χ1n) is 11.8. The maximum Gasteiger partial charge on any atom is 0.410 e. The predicted molar refractivity (Wildman–Crippen MR) is 137 cm³/mol. The number of carbonyl (C=O) groups excluding carboxylic acids is 1. The molecule has 0 aromatic rings. The van der Waals surface area contributed by atoms with Crippen LogP contribution in [0.1, 0.15) is 72.6 Å². The van der Waals surface area contributed by atoms with Crippen molar-refractivity contribution in [2.24, 2.45) is 16.3 Å². The molecule has 1 amide bonds. The van der Waals surface area contributed by atoms with Crippen molar-refractivity contribution in [2.75, 3.05) is 46.4 Å². The maximum absolute atomic E-state index is 12.4. The quantitative estimate of drug-likeness (QED) is 0.202. The fourth-order valence-corrected chi connectivity index (χ4v) is 4.53. The second-order valence-electron chi connectivity index (χ2n) is 9.90. The van der Waals surface area contributed by atoms with E-state index in [4.69, 9.17) is 9.47 Å². The largest absolute Gasteiger partial charge is 0.444 e. The van der Waals surface area contributed by atoms with Gasteiger partial charge < -0.3 is 25.0 Å². The number of nitrogens with one attached hydrogen (secondary N) is 2. The topological polar surface area (TPSA) is 75.2 Å². The molecule has 2 N–H and O–H groups in total. The van der Waals surface area contributed by atoms with Crippen molar-refractivity contribution in [3.63, 3.8) is 0 Å². The minimum absolute atomic E-state index is 0. The molecule has 1 heterocycles. The molecule has 2 aliphatic rings. The molecule has 1 unspecified atom stereocenters. The SMILES string of the molecule is CCOCCC1(CNC(=NC)NCC2CCCN(C(=O)OC(C)(C)C)C2)CCCC1.I. The zero-order valence-electron chi connectivity index (χ0n) is 20.3. The molecule has 2 fully saturated rings. The number of hydrogen-bond acceptors (Lipinski definition) is 4. The van der Waals surface area contributed by atoms with Gasteiger partial charge in [0.2, 0.25) is 0 Å². The van der Waals surface area contributed by atoms with Crippen LogP contribution >= 0.6 is 24.0 Å². The Morgan fingerprint density at radius 2 is 1.90 bits per heavy atom. The zero-order valence-corrected chi connectivity index (χ0v) is 22.6. The highest BCUT2D eigenvalue weighted by Gasteiger charge is 2.33. The number of carbonyl (C=O) groups is 1. The summed E-state index contributed by atoms with van der Waals surface area (Å²) in [5.74, 6) is 1.26. The monoisotopic (exact) mass is 552 g/mol. The third-order valence-electron chi connectivity index (χ3n) is 6.23. The first-order valence-corrected chi connectivity index (χ1v) is 11.8. The van der Waals surface area contributed by atoms with E-state index in [9.17, 15) is 4.79 Å². The van der Waals surface area contributed by atoms with E-state index in [1.807, 2.05) is 32.7 Å². The molecule has 1 aliphatic carbocycles. The highest BCUT2D eigenvalue weighted by molar-refractivity contribution is 14.0. The van der Waals surface area contributed by atoms with Crippen LogP contribution in [-0.2, 0) is 9.47 Å². The van der Waals surface area contributed by atoms with Gasteiger partial charge in [0.1, 0.15) is 5.60 Å². The van der Waals surface area contributed by atoms with Crippen LogP contribution in [0.4, 0.5) is 4.79 Å². The predicted octanol–water partition coefficient (Wildman–Crippen LogP) is 4.40. The van der Waals surface area contributed by atoms with Crippen molar-refractivity contribution >= 4 is 36.0 Å². The smallest absolute Gasteiger partial charge is 0.410 e. The molecule has 1 saturated carbocycles. The number of likely N-dealkylation sites (tertiary alicyclic amines) is 1. The molecule has 8 heteroatoms. The number of hydrogen-bond donors (Lipinski definition) is 2. The molecule has 0 bridgehead atoms. The van der Waals surface area contributed by atoms with E-state index in [1.54, 1.807) is 0 Å². The third kappa shape index (κ3) is 10.1. The van der Waals surface area contributed by atoms with Crippen molar-refractivity contribution in [1.82, 2.24) is 15.5 Å². The number of guanidine groups is 1. The van der Waals surface area contributed by atoms with Gasteiger partial charge in [-0.05, 0) is 71.1 Å². The lowest BCUT2D eigenvalue weighted by Gasteiger charge is -2.34. The lowest BCUT2D eigenvalue weighted by atomic mass is 9.83. The van der Waals surface area contributed by atoms with E-state index >= 15 is 0 Å². The molecule has 1 aliphatic heterocycles. The lowest BCUT2D eigenvalue weighted by Crippen LogP contribution is -2.48. The maximum atomic E-state index is 12.4. The summed E-state index contributed by atoms with van der Waals surface area (Å²) in [4.78, 5) is 18.7. The highest BCUT2D eigenvalue weighted by Crippen LogP contribution is 2.40. The summed E-state index contributed by atoms with van der Waals surface area (Å²) in [5, 5.41) is 7.05. The third-order valence-corrected chi connectivity index (χ3v) is 6.23. The Hall–Kier alpha value is -0.770. The summed E-state index contributed by atoms with van der Waals surface area (Å²) in [6.45, 7) is 12.7. The number of amides is 1. The van der Waals surface area contributed by atoms with Gasteiger partial charge in [0.05, 0.1) is 0 Å². The van der Waals surface area contributed by atoms with Gasteiger partial charge in [-0.25, -0.2) is 4.79 Å². The number of ether oxygens (including phenoxy) is 2. The van der Waals surface area contributed by atoms with E-state index in [1.165, 1.54) is 25.7 Å². The first kappa shape index (κ1) is 28.3. The number of halogens is 1. The Balaban J connectivity index is 0.00000480. The van der Waals surface area contributed by atoms with Gasteiger partial charge in [-0.1, -0.05) is 12.8 Å². The second-order valence-corrected chi connectivity index (χ2v) is 9.90. The molecule has 0 aromatic carbocycles. The number of nitrogens with zero attached hydrogens (tertiary/aromatic N) is 2. The van der Waals surface area contributed by atoms with Crippen molar-refractivity contribution in [1.29, 1.82) is 0 Å². The summed E-state index contributed by atoms with van der Waals surface area (Å²) < 4.78 is 11.2. The molecule has 2 rings (SSSR count). The van der Waals surface area contributed by atoms with Crippen LogP contribution in [0, 0.1) is 11.3 Å². The molecule has 0 spiro atoms. The van der Waals surface area contributed by atoms with Gasteiger partial charge in [-0.2, -0.15) is 0 Å². The van der Waals surface area contributed by atoms with E-state index in [0.29, 0.717) is 11.3 Å². The van der Waals surface area contributed by atoms with E-state index < -0.39 is 5.60 Å². The van der Waals surface area contributed by atoms with Crippen LogP contribution in [0.5, 0.6) is 0 Å². The van der Waals surface area contributed by atoms with E-state index in [0.717, 1.165) is 64.6 Å². The van der Waals surface area contributed by atoms with Gasteiger partial charge >= 0.3 is 6.09 Å². The van der Waals surface area contributed by atoms with Crippen molar-refractivity contribution in [2.45, 2.75) is 78.2 Å². The van der Waals surface area contributed by atoms with Crippen LogP contribution in [0.25, 0.3) is 0 Å². The van der Waals surface area contributed by atoms with Crippen LogP contribution < -0.4 is 10.6 Å². The number of rotatable bonds is 8. The summed E-state index contributed by atoms with van der Waals surface area (Å²) in [5.41, 5.74) is -0.127. The standard InChI is InChI=1S/C23H44N4O3.HI/c1-6-29-15-13-23(11-7-8-12-23)18-26-20(24-5)25-16-19-10-9-14-27(17-19)21(28)30-22(2,3)4;/h19H,6-18H2,1-5H3,(H2,24,25,26);1H. The fraction of sp³-hybridized carbons (Fsp3) is 0.913. The average molecular weight is 553 g/mol. The van der Waals surface area contributed by atoms with Crippen molar-refractivity contribution in [3.05, 3.63) is 0 Å². The molecular formula is C23H45IN4O3. The molecular weight excluding hydrogens is 507 g/mol.